The minimum atomic E-state index is -0.960. The van der Waals surface area contributed by atoms with E-state index in [0.29, 0.717) is 12.4 Å². The first-order chi connectivity index (χ1) is 7.49. The van der Waals surface area contributed by atoms with Crippen molar-refractivity contribution in [1.29, 1.82) is 0 Å². The zero-order valence-electron chi connectivity index (χ0n) is 9.41. The van der Waals surface area contributed by atoms with Crippen LogP contribution in [0.1, 0.15) is 24.2 Å². The first-order valence-electron chi connectivity index (χ1n) is 5.23. The van der Waals surface area contributed by atoms with E-state index in [4.69, 9.17) is 9.84 Å². The molecule has 0 unspecified atom stereocenters. The fourth-order valence-electron chi connectivity index (χ4n) is 1.65. The zero-order chi connectivity index (χ0) is 11.8. The van der Waals surface area contributed by atoms with Gasteiger partial charge in [0.1, 0.15) is 5.56 Å². The summed E-state index contributed by atoms with van der Waals surface area (Å²) in [5.74, 6) is -0.515. The first kappa shape index (κ1) is 10.8. The minimum Gasteiger partial charge on any atom is -0.490 e. The van der Waals surface area contributed by atoms with E-state index < -0.39 is 5.97 Å². The Morgan fingerprint density at radius 3 is 2.94 bits per heavy atom. The number of carbonyl (C=O) groups is 1. The molecular formula is C12H15NO3. The Bertz CT molecular complexity index is 426. The number of carboxylic acid groups (broad SMARTS) is 1. The zero-order valence-corrected chi connectivity index (χ0v) is 9.41. The number of rotatable bonds is 1. The molecule has 0 spiro atoms. The number of para-hydroxylation sites is 1. The lowest BCUT2D eigenvalue weighted by Crippen LogP contribution is -2.27. The fraction of sp³-hybridized carbons (Fsp3) is 0.417. The van der Waals surface area contributed by atoms with E-state index in [2.05, 4.69) is 19.2 Å². The van der Waals surface area contributed by atoms with Crippen molar-refractivity contribution in [2.24, 2.45) is 5.41 Å². The van der Waals surface area contributed by atoms with Crippen LogP contribution in [0.4, 0.5) is 5.69 Å². The van der Waals surface area contributed by atoms with Gasteiger partial charge in [0.15, 0.2) is 5.75 Å². The molecule has 86 valence electrons. The average Bonchev–Trinajstić information content (AvgIpc) is 2.38. The maximum atomic E-state index is 11.0. The summed E-state index contributed by atoms with van der Waals surface area (Å²) in [5, 5.41) is 12.3. The Kier molecular flexibility index (Phi) is 2.50. The molecule has 0 aromatic heterocycles. The molecule has 1 aromatic carbocycles. The number of hydrogen-bond donors (Lipinski definition) is 2. The summed E-state index contributed by atoms with van der Waals surface area (Å²) in [6.07, 6.45) is 0. The summed E-state index contributed by atoms with van der Waals surface area (Å²) in [5.41, 5.74) is 0.961. The number of ether oxygens (including phenoxy) is 1. The molecule has 1 aliphatic heterocycles. The van der Waals surface area contributed by atoms with E-state index in [0.717, 1.165) is 12.2 Å². The van der Waals surface area contributed by atoms with Crippen molar-refractivity contribution in [3.63, 3.8) is 0 Å². The molecule has 4 heteroatoms. The molecule has 1 heterocycles. The van der Waals surface area contributed by atoms with Crippen molar-refractivity contribution < 1.29 is 14.6 Å². The summed E-state index contributed by atoms with van der Waals surface area (Å²) in [6.45, 7) is 5.43. The molecule has 0 fully saturated rings. The van der Waals surface area contributed by atoms with E-state index in [9.17, 15) is 4.79 Å². The largest absolute Gasteiger partial charge is 0.490 e. The molecule has 2 rings (SSSR count). The Morgan fingerprint density at radius 1 is 1.50 bits per heavy atom. The van der Waals surface area contributed by atoms with E-state index >= 15 is 0 Å². The summed E-state index contributed by atoms with van der Waals surface area (Å²) < 4.78 is 5.61. The van der Waals surface area contributed by atoms with Crippen molar-refractivity contribution >= 4 is 11.7 Å². The molecule has 0 saturated heterocycles. The Balaban J connectivity index is 2.42. The number of fused-ring (bicyclic) bond motifs is 1. The van der Waals surface area contributed by atoms with Gasteiger partial charge in [-0.2, -0.15) is 0 Å². The monoisotopic (exact) mass is 221 g/mol. The molecule has 1 aliphatic rings. The number of nitrogens with one attached hydrogen (secondary N) is 1. The SMILES string of the molecule is CC1(C)CNc2cccc(C(=O)O)c2OC1. The smallest absolute Gasteiger partial charge is 0.339 e. The van der Waals surface area contributed by atoms with Gasteiger partial charge < -0.3 is 15.2 Å². The third kappa shape index (κ3) is 1.96. The van der Waals surface area contributed by atoms with Crippen LogP contribution in [0.2, 0.25) is 0 Å². The molecule has 0 amide bonds. The summed E-state index contributed by atoms with van der Waals surface area (Å²) in [6, 6.07) is 5.11. The highest BCUT2D eigenvalue weighted by atomic mass is 16.5. The second kappa shape index (κ2) is 3.70. The molecular weight excluding hydrogens is 206 g/mol. The van der Waals surface area contributed by atoms with Gasteiger partial charge in [-0.15, -0.1) is 0 Å². The van der Waals surface area contributed by atoms with Crippen LogP contribution in [-0.4, -0.2) is 24.2 Å². The van der Waals surface area contributed by atoms with Gasteiger partial charge in [-0.05, 0) is 12.1 Å². The van der Waals surface area contributed by atoms with Crippen LogP contribution < -0.4 is 10.1 Å². The first-order valence-corrected chi connectivity index (χ1v) is 5.23. The van der Waals surface area contributed by atoms with Gasteiger partial charge >= 0.3 is 5.97 Å². The van der Waals surface area contributed by atoms with E-state index in [1.54, 1.807) is 12.1 Å². The topological polar surface area (TPSA) is 58.6 Å². The van der Waals surface area contributed by atoms with Gasteiger partial charge in [0, 0.05) is 12.0 Å². The maximum Gasteiger partial charge on any atom is 0.339 e. The van der Waals surface area contributed by atoms with Crippen LogP contribution in [0.5, 0.6) is 5.75 Å². The second-order valence-corrected chi connectivity index (χ2v) is 4.79. The lowest BCUT2D eigenvalue weighted by atomic mass is 9.95. The van der Waals surface area contributed by atoms with Crippen molar-refractivity contribution in [3.05, 3.63) is 23.8 Å². The summed E-state index contributed by atoms with van der Waals surface area (Å²) >= 11 is 0. The molecule has 16 heavy (non-hydrogen) atoms. The van der Waals surface area contributed by atoms with Crippen LogP contribution in [0.3, 0.4) is 0 Å². The highest BCUT2D eigenvalue weighted by Gasteiger charge is 2.26. The lowest BCUT2D eigenvalue weighted by Gasteiger charge is -2.20. The molecule has 0 radical (unpaired) electrons. The molecule has 0 bridgehead atoms. The van der Waals surface area contributed by atoms with Crippen LogP contribution in [-0.2, 0) is 0 Å². The maximum absolute atomic E-state index is 11.0. The van der Waals surface area contributed by atoms with Gasteiger partial charge in [0.2, 0.25) is 0 Å². The molecule has 4 nitrogen and oxygen atoms in total. The Hall–Kier alpha value is -1.71. The second-order valence-electron chi connectivity index (χ2n) is 4.79. The molecule has 2 N–H and O–H groups in total. The van der Waals surface area contributed by atoms with Gasteiger partial charge in [-0.25, -0.2) is 4.79 Å². The van der Waals surface area contributed by atoms with Gasteiger partial charge in [-0.3, -0.25) is 0 Å². The lowest BCUT2D eigenvalue weighted by molar-refractivity contribution is 0.0690. The van der Waals surface area contributed by atoms with Gasteiger partial charge in [0.25, 0.3) is 0 Å². The Labute approximate surface area is 94.2 Å². The van der Waals surface area contributed by atoms with Crippen LogP contribution in [0.15, 0.2) is 18.2 Å². The fourth-order valence-corrected chi connectivity index (χ4v) is 1.65. The van der Waals surface area contributed by atoms with Crippen LogP contribution in [0, 0.1) is 5.41 Å². The van der Waals surface area contributed by atoms with E-state index in [1.807, 2.05) is 6.07 Å². The standard InChI is InChI=1S/C12H15NO3/c1-12(2)6-13-9-5-3-4-8(11(14)15)10(9)16-7-12/h3-5,13H,6-7H2,1-2H3,(H,14,15). The molecule has 0 saturated carbocycles. The predicted molar refractivity (Wildman–Crippen MR) is 61.2 cm³/mol. The van der Waals surface area contributed by atoms with Gasteiger partial charge in [-0.1, -0.05) is 19.9 Å². The molecule has 1 aromatic rings. The van der Waals surface area contributed by atoms with Crippen LogP contribution >= 0.6 is 0 Å². The van der Waals surface area contributed by atoms with Gasteiger partial charge in [0.05, 0.1) is 12.3 Å². The average molecular weight is 221 g/mol. The Morgan fingerprint density at radius 2 is 2.25 bits per heavy atom. The number of hydrogen-bond acceptors (Lipinski definition) is 3. The number of aromatic carboxylic acids is 1. The third-order valence-corrected chi connectivity index (χ3v) is 2.61. The number of benzene rings is 1. The number of anilines is 1. The number of carboxylic acids is 1. The molecule has 0 atom stereocenters. The molecule has 0 aliphatic carbocycles. The highest BCUT2D eigenvalue weighted by molar-refractivity contribution is 5.93. The van der Waals surface area contributed by atoms with E-state index in [1.165, 1.54) is 0 Å². The summed E-state index contributed by atoms with van der Waals surface area (Å²) in [7, 11) is 0. The predicted octanol–water partition coefficient (Wildman–Crippen LogP) is 2.22. The van der Waals surface area contributed by atoms with Crippen LogP contribution in [0.25, 0.3) is 0 Å². The minimum absolute atomic E-state index is 0.00517. The highest BCUT2D eigenvalue weighted by Crippen LogP contribution is 2.34. The van der Waals surface area contributed by atoms with E-state index in [-0.39, 0.29) is 11.0 Å². The third-order valence-electron chi connectivity index (χ3n) is 2.61. The van der Waals surface area contributed by atoms with Crippen molar-refractivity contribution in [1.82, 2.24) is 0 Å². The quantitative estimate of drug-likeness (QED) is 0.763. The van der Waals surface area contributed by atoms with Crippen molar-refractivity contribution in [2.75, 3.05) is 18.5 Å². The normalized spacial score (nSPS) is 17.6. The van der Waals surface area contributed by atoms with Crippen molar-refractivity contribution in [2.45, 2.75) is 13.8 Å². The summed E-state index contributed by atoms with van der Waals surface area (Å²) in [4.78, 5) is 11.0. The van der Waals surface area contributed by atoms with Crippen molar-refractivity contribution in [3.8, 4) is 5.75 Å².